The number of halogens is 1. The van der Waals surface area contributed by atoms with Crippen LogP contribution >= 0.6 is 0 Å². The van der Waals surface area contributed by atoms with Gasteiger partial charge in [0.15, 0.2) is 0 Å². The largest absolute Gasteiger partial charge is 0.492 e. The Morgan fingerprint density at radius 2 is 1.09 bits per heavy atom. The fourth-order valence-corrected chi connectivity index (χ4v) is 15.0. The Labute approximate surface area is 213 Å². The first-order valence-electron chi connectivity index (χ1n) is 13.9. The van der Waals surface area contributed by atoms with Crippen LogP contribution in [0.25, 0.3) is 0 Å². The summed E-state index contributed by atoms with van der Waals surface area (Å²) in [6.07, 6.45) is 14.1. The van der Waals surface area contributed by atoms with E-state index in [9.17, 15) is 12.8 Å². The van der Waals surface area contributed by atoms with Crippen molar-refractivity contribution in [3.63, 3.8) is 0 Å². The standard InChI is InChI=1S/C28H38FNO3S2/c29-25-1-3-26(4-2-25)33-6-5-30(34(31)27-13-19-7-20(14-27)9-21(8-19)15-27)35(32)28-16-22-10-23(17-28)12-24(11-22)18-28/h1-4,19-24H,5-18H2/t19?,20?,21?,22?,23?,24?,27?,28?,34-,35+. The molecule has 8 fully saturated rings. The van der Waals surface area contributed by atoms with Crippen LogP contribution in [0.3, 0.4) is 0 Å². The zero-order chi connectivity index (χ0) is 23.8. The van der Waals surface area contributed by atoms with Crippen molar-refractivity contribution in [2.24, 2.45) is 35.5 Å². The highest BCUT2D eigenvalue weighted by molar-refractivity contribution is 7.99. The Hall–Kier alpha value is -0.790. The molecule has 0 radical (unpaired) electrons. The molecule has 192 valence electrons. The molecule has 8 bridgehead atoms. The molecule has 0 amide bonds. The lowest BCUT2D eigenvalue weighted by Gasteiger charge is -2.58. The van der Waals surface area contributed by atoms with Gasteiger partial charge in [-0.25, -0.2) is 12.8 Å². The smallest absolute Gasteiger partial charge is 0.123 e. The molecule has 1 aromatic rings. The van der Waals surface area contributed by atoms with Crippen LogP contribution in [0, 0.1) is 41.3 Å². The van der Waals surface area contributed by atoms with Crippen LogP contribution in [0.1, 0.15) is 77.0 Å². The van der Waals surface area contributed by atoms with Crippen LogP contribution in [0.4, 0.5) is 4.39 Å². The summed E-state index contributed by atoms with van der Waals surface area (Å²) in [5, 5.41) is 0. The van der Waals surface area contributed by atoms with Gasteiger partial charge in [0.05, 0.1) is 16.0 Å². The SMILES string of the molecule is O=[S@](N(CCOc1ccc(F)cc1)[S@](=O)C12CC3CC(CC(C3)C1)C2)C12CC3CC(CC(C3)C1)C2. The monoisotopic (exact) mass is 519 g/mol. The van der Waals surface area contributed by atoms with Gasteiger partial charge in [-0.3, -0.25) is 0 Å². The van der Waals surface area contributed by atoms with E-state index in [1.54, 1.807) is 12.1 Å². The normalized spacial score (nSPS) is 44.6. The van der Waals surface area contributed by atoms with Crippen LogP contribution in [0.15, 0.2) is 24.3 Å². The molecule has 2 atom stereocenters. The fourth-order valence-electron chi connectivity index (χ4n) is 9.92. The third kappa shape index (κ3) is 4.06. The van der Waals surface area contributed by atoms with Crippen molar-refractivity contribution in [3.8, 4) is 5.75 Å². The average Bonchev–Trinajstić information content (AvgIpc) is 2.80. The molecular weight excluding hydrogens is 481 g/mol. The van der Waals surface area contributed by atoms with Crippen LogP contribution in [-0.4, -0.2) is 34.8 Å². The van der Waals surface area contributed by atoms with E-state index >= 15 is 0 Å². The lowest BCUT2D eigenvalue weighted by atomic mass is 9.56. The molecule has 0 unspecified atom stereocenters. The van der Waals surface area contributed by atoms with Crippen molar-refractivity contribution in [1.82, 2.24) is 3.71 Å². The molecule has 35 heavy (non-hydrogen) atoms. The minimum Gasteiger partial charge on any atom is -0.492 e. The van der Waals surface area contributed by atoms with Crippen molar-refractivity contribution < 1.29 is 17.5 Å². The number of hydrogen-bond acceptors (Lipinski definition) is 3. The van der Waals surface area contributed by atoms with Gasteiger partial charge in [-0.05, 0) is 137 Å². The van der Waals surface area contributed by atoms with E-state index in [1.165, 1.54) is 50.7 Å². The lowest BCUT2D eigenvalue weighted by molar-refractivity contribution is 0.0324. The van der Waals surface area contributed by atoms with E-state index in [4.69, 9.17) is 4.74 Å². The summed E-state index contributed by atoms with van der Waals surface area (Å²) in [6, 6.07) is 6.06. The molecule has 7 heteroatoms. The highest BCUT2D eigenvalue weighted by Gasteiger charge is 2.59. The summed E-state index contributed by atoms with van der Waals surface area (Å²) in [5.74, 6) is 4.54. The number of rotatable bonds is 8. The third-order valence-corrected chi connectivity index (χ3v) is 14.8. The average molecular weight is 520 g/mol. The lowest BCUT2D eigenvalue weighted by Crippen LogP contribution is -2.60. The molecule has 8 saturated carbocycles. The maximum atomic E-state index is 14.6. The Morgan fingerprint density at radius 3 is 1.46 bits per heavy atom. The number of ether oxygens (including phenoxy) is 1. The number of hydrogen-bond donors (Lipinski definition) is 0. The fraction of sp³-hybridized carbons (Fsp3) is 0.786. The summed E-state index contributed by atoms with van der Waals surface area (Å²) in [7, 11) is -2.55. The minimum atomic E-state index is -1.27. The van der Waals surface area contributed by atoms with Crippen LogP contribution in [0.5, 0.6) is 5.75 Å². The van der Waals surface area contributed by atoms with Gasteiger partial charge >= 0.3 is 0 Å². The van der Waals surface area contributed by atoms with Crippen LogP contribution in [0.2, 0.25) is 0 Å². The van der Waals surface area contributed by atoms with Gasteiger partial charge in [-0.2, -0.15) is 0 Å². The van der Waals surface area contributed by atoms with E-state index in [-0.39, 0.29) is 15.3 Å². The molecule has 0 aliphatic heterocycles. The van der Waals surface area contributed by atoms with Crippen LogP contribution < -0.4 is 4.74 Å². The minimum absolute atomic E-state index is 0.192. The Bertz CT molecular complexity index is 901. The van der Waals surface area contributed by atoms with Gasteiger partial charge in [0.1, 0.15) is 40.1 Å². The maximum absolute atomic E-state index is 14.6. The zero-order valence-corrected chi connectivity index (χ0v) is 22.2. The molecule has 0 spiro atoms. The molecule has 1 aromatic carbocycles. The van der Waals surface area contributed by atoms with E-state index in [2.05, 4.69) is 0 Å². The van der Waals surface area contributed by atoms with Crippen molar-refractivity contribution in [2.45, 2.75) is 86.5 Å². The summed E-state index contributed by atoms with van der Waals surface area (Å²) in [4.78, 5) is 0. The first-order valence-corrected chi connectivity index (χ1v) is 16.1. The second-order valence-corrected chi connectivity index (χ2v) is 16.9. The summed E-state index contributed by atoms with van der Waals surface area (Å²) in [6.45, 7) is 0.724. The quantitative estimate of drug-likeness (QED) is 0.438. The van der Waals surface area contributed by atoms with Gasteiger partial charge in [-0.15, -0.1) is 3.71 Å². The molecular formula is C28H38FNO3S2. The van der Waals surface area contributed by atoms with E-state index in [1.807, 2.05) is 3.71 Å². The predicted octanol–water partition coefficient (Wildman–Crippen LogP) is 5.77. The summed E-state index contributed by atoms with van der Waals surface area (Å²) < 4.78 is 49.9. The van der Waals surface area contributed by atoms with E-state index in [0.717, 1.165) is 38.5 Å². The Kier molecular flexibility index (Phi) is 5.75. The first kappa shape index (κ1) is 23.3. The van der Waals surface area contributed by atoms with Gasteiger partial charge in [0.2, 0.25) is 0 Å². The second kappa shape index (κ2) is 8.62. The predicted molar refractivity (Wildman–Crippen MR) is 137 cm³/mol. The molecule has 4 nitrogen and oxygen atoms in total. The van der Waals surface area contributed by atoms with Gasteiger partial charge in [-0.1, -0.05) is 0 Å². The zero-order valence-electron chi connectivity index (χ0n) is 20.5. The van der Waals surface area contributed by atoms with Crippen LogP contribution in [-0.2, 0) is 22.0 Å². The third-order valence-electron chi connectivity index (χ3n) is 10.4. The number of benzene rings is 1. The molecule has 8 aliphatic carbocycles. The van der Waals surface area contributed by atoms with Crippen molar-refractivity contribution in [1.29, 1.82) is 0 Å². The number of nitrogens with zero attached hydrogens (tertiary/aromatic N) is 1. The van der Waals surface area contributed by atoms with E-state index in [0.29, 0.717) is 54.4 Å². The van der Waals surface area contributed by atoms with Gasteiger partial charge < -0.3 is 4.74 Å². The highest BCUT2D eigenvalue weighted by atomic mass is 32.3. The molecule has 9 rings (SSSR count). The second-order valence-electron chi connectivity index (χ2n) is 13.1. The summed E-state index contributed by atoms with van der Waals surface area (Å²) >= 11 is 0. The molecule has 8 aliphatic rings. The highest BCUT2D eigenvalue weighted by Crippen LogP contribution is 2.61. The molecule has 0 heterocycles. The maximum Gasteiger partial charge on any atom is 0.123 e. The van der Waals surface area contributed by atoms with Gasteiger partial charge in [0.25, 0.3) is 0 Å². The van der Waals surface area contributed by atoms with Crippen molar-refractivity contribution in [2.75, 3.05) is 13.2 Å². The Balaban J connectivity index is 1.15. The molecule has 0 N–H and O–H groups in total. The Morgan fingerprint density at radius 1 is 0.714 bits per heavy atom. The summed E-state index contributed by atoms with van der Waals surface area (Å²) in [5.41, 5.74) is 0. The van der Waals surface area contributed by atoms with Crippen molar-refractivity contribution in [3.05, 3.63) is 30.1 Å². The first-order chi connectivity index (χ1) is 16.9. The van der Waals surface area contributed by atoms with Gasteiger partial charge in [0, 0.05) is 0 Å². The molecule has 0 saturated heterocycles. The van der Waals surface area contributed by atoms with E-state index < -0.39 is 22.0 Å². The molecule has 0 aromatic heterocycles. The van der Waals surface area contributed by atoms with Crippen molar-refractivity contribution >= 4 is 22.0 Å². The topological polar surface area (TPSA) is 46.6 Å².